The lowest BCUT2D eigenvalue weighted by molar-refractivity contribution is -0.138. The molecule has 0 aromatic heterocycles. The summed E-state index contributed by atoms with van der Waals surface area (Å²) in [5.41, 5.74) is 1.89. The fourth-order valence-corrected chi connectivity index (χ4v) is 3.18. The molecular formula is C18H24N4O4. The van der Waals surface area contributed by atoms with Crippen LogP contribution in [0.2, 0.25) is 0 Å². The number of amides is 2. The third-order valence-corrected chi connectivity index (χ3v) is 4.55. The van der Waals surface area contributed by atoms with E-state index in [1.54, 1.807) is 19.1 Å². The molecule has 1 fully saturated rings. The number of para-hydroxylation sites is 2. The van der Waals surface area contributed by atoms with Gasteiger partial charge in [0, 0.05) is 38.4 Å². The second-order valence-electron chi connectivity index (χ2n) is 6.24. The van der Waals surface area contributed by atoms with E-state index >= 15 is 0 Å². The van der Waals surface area contributed by atoms with E-state index < -0.39 is 5.97 Å². The SMILES string of the molecule is CCOC(=O)C1=C(CN2CCN(c3ccccc3O)CC2)NC(=O)NC1. The average Bonchev–Trinajstić information content (AvgIpc) is 2.63. The van der Waals surface area contributed by atoms with E-state index in [0.717, 1.165) is 31.9 Å². The van der Waals surface area contributed by atoms with Crippen molar-refractivity contribution >= 4 is 17.7 Å². The maximum absolute atomic E-state index is 12.1. The summed E-state index contributed by atoms with van der Waals surface area (Å²) in [6.07, 6.45) is 0. The van der Waals surface area contributed by atoms with Crippen LogP contribution in [-0.4, -0.2) is 67.9 Å². The Morgan fingerprint density at radius 3 is 2.65 bits per heavy atom. The lowest BCUT2D eigenvalue weighted by atomic mass is 10.1. The van der Waals surface area contributed by atoms with Crippen LogP contribution in [-0.2, 0) is 9.53 Å². The van der Waals surface area contributed by atoms with E-state index in [4.69, 9.17) is 4.74 Å². The number of hydrogen-bond donors (Lipinski definition) is 3. The maximum Gasteiger partial charge on any atom is 0.337 e. The Kier molecular flexibility index (Phi) is 5.62. The fraction of sp³-hybridized carbons (Fsp3) is 0.444. The summed E-state index contributed by atoms with van der Waals surface area (Å²) in [6.45, 7) is 5.74. The Balaban J connectivity index is 1.64. The Bertz CT molecular complexity index is 711. The van der Waals surface area contributed by atoms with Crippen LogP contribution in [0.25, 0.3) is 0 Å². The number of benzene rings is 1. The van der Waals surface area contributed by atoms with Crippen molar-refractivity contribution in [3.63, 3.8) is 0 Å². The third kappa shape index (κ3) is 4.08. The molecule has 0 radical (unpaired) electrons. The smallest absolute Gasteiger partial charge is 0.337 e. The normalized spacial score (nSPS) is 18.3. The van der Waals surface area contributed by atoms with Crippen molar-refractivity contribution in [2.75, 3.05) is 50.8 Å². The van der Waals surface area contributed by atoms with Crippen molar-refractivity contribution in [2.45, 2.75) is 6.92 Å². The van der Waals surface area contributed by atoms with Gasteiger partial charge in [0.15, 0.2) is 0 Å². The Morgan fingerprint density at radius 1 is 1.23 bits per heavy atom. The molecule has 0 saturated carbocycles. The summed E-state index contributed by atoms with van der Waals surface area (Å²) in [5, 5.41) is 15.3. The zero-order valence-electron chi connectivity index (χ0n) is 14.8. The second-order valence-corrected chi connectivity index (χ2v) is 6.24. The molecule has 8 heteroatoms. The number of hydrogen-bond acceptors (Lipinski definition) is 6. The van der Waals surface area contributed by atoms with Crippen LogP contribution < -0.4 is 15.5 Å². The highest BCUT2D eigenvalue weighted by molar-refractivity contribution is 5.93. The number of aromatic hydroxyl groups is 1. The number of nitrogens with one attached hydrogen (secondary N) is 2. The summed E-state index contributed by atoms with van der Waals surface area (Å²) in [7, 11) is 0. The number of rotatable bonds is 5. The number of carbonyl (C=O) groups excluding carboxylic acids is 2. The molecule has 0 atom stereocenters. The molecule has 26 heavy (non-hydrogen) atoms. The summed E-state index contributed by atoms with van der Waals surface area (Å²) in [4.78, 5) is 28.1. The van der Waals surface area contributed by atoms with Crippen LogP contribution in [0.1, 0.15) is 6.92 Å². The Hall–Kier alpha value is -2.74. The van der Waals surface area contributed by atoms with Crippen molar-refractivity contribution in [1.82, 2.24) is 15.5 Å². The van der Waals surface area contributed by atoms with E-state index in [0.29, 0.717) is 24.4 Å². The van der Waals surface area contributed by atoms with Crippen LogP contribution >= 0.6 is 0 Å². The average molecular weight is 360 g/mol. The highest BCUT2D eigenvalue weighted by atomic mass is 16.5. The molecule has 2 heterocycles. The van der Waals surface area contributed by atoms with Gasteiger partial charge in [-0.05, 0) is 19.1 Å². The van der Waals surface area contributed by atoms with Gasteiger partial charge >= 0.3 is 12.0 Å². The molecule has 3 rings (SSSR count). The van der Waals surface area contributed by atoms with Crippen LogP contribution in [0.15, 0.2) is 35.5 Å². The minimum Gasteiger partial charge on any atom is -0.506 e. The van der Waals surface area contributed by atoms with Gasteiger partial charge in [-0.25, -0.2) is 9.59 Å². The van der Waals surface area contributed by atoms with Gasteiger partial charge in [0.25, 0.3) is 0 Å². The molecule has 0 unspecified atom stereocenters. The molecule has 2 aliphatic rings. The molecule has 0 aliphatic carbocycles. The standard InChI is InChI=1S/C18H24N4O4/c1-2-26-17(24)13-11-19-18(25)20-14(13)12-21-7-9-22(10-8-21)15-5-3-4-6-16(15)23/h3-6,23H,2,7-12H2,1H3,(H2,19,20,25). The Labute approximate surface area is 152 Å². The first kappa shape index (κ1) is 18.1. The number of nitrogens with zero attached hydrogens (tertiary/aromatic N) is 2. The number of phenols is 1. The molecule has 140 valence electrons. The molecule has 1 aromatic carbocycles. The van der Waals surface area contributed by atoms with Gasteiger partial charge in [-0.2, -0.15) is 0 Å². The quantitative estimate of drug-likeness (QED) is 0.668. The van der Waals surface area contributed by atoms with Crippen LogP contribution in [0.5, 0.6) is 5.75 Å². The van der Waals surface area contributed by atoms with E-state index in [9.17, 15) is 14.7 Å². The van der Waals surface area contributed by atoms with Gasteiger partial charge in [-0.1, -0.05) is 12.1 Å². The summed E-state index contributed by atoms with van der Waals surface area (Å²) in [5.74, 6) is -0.123. The van der Waals surface area contributed by atoms with E-state index in [-0.39, 0.29) is 18.3 Å². The molecule has 8 nitrogen and oxygen atoms in total. The van der Waals surface area contributed by atoms with Crippen molar-refractivity contribution in [2.24, 2.45) is 0 Å². The second kappa shape index (κ2) is 8.09. The van der Waals surface area contributed by atoms with E-state index in [1.807, 2.05) is 12.1 Å². The molecule has 0 spiro atoms. The minimum atomic E-state index is -0.400. The lowest BCUT2D eigenvalue weighted by Gasteiger charge is -2.37. The summed E-state index contributed by atoms with van der Waals surface area (Å²) >= 11 is 0. The predicted octanol–water partition coefficient (Wildman–Crippen LogP) is 0.644. The third-order valence-electron chi connectivity index (χ3n) is 4.55. The van der Waals surface area contributed by atoms with Gasteiger partial charge in [-0.15, -0.1) is 0 Å². The number of esters is 1. The molecule has 0 bridgehead atoms. The van der Waals surface area contributed by atoms with E-state index in [2.05, 4.69) is 20.4 Å². The summed E-state index contributed by atoms with van der Waals surface area (Å²) in [6, 6.07) is 6.99. The zero-order chi connectivity index (χ0) is 18.5. The predicted molar refractivity (Wildman–Crippen MR) is 97.0 cm³/mol. The Morgan fingerprint density at radius 2 is 1.96 bits per heavy atom. The number of ether oxygens (including phenoxy) is 1. The van der Waals surface area contributed by atoms with Crippen LogP contribution in [0, 0.1) is 0 Å². The van der Waals surface area contributed by atoms with Gasteiger partial charge in [0.05, 0.1) is 24.4 Å². The van der Waals surface area contributed by atoms with Gasteiger partial charge < -0.3 is 25.4 Å². The highest BCUT2D eigenvalue weighted by Gasteiger charge is 2.26. The highest BCUT2D eigenvalue weighted by Crippen LogP contribution is 2.27. The first-order valence-corrected chi connectivity index (χ1v) is 8.77. The minimum absolute atomic E-state index is 0.178. The van der Waals surface area contributed by atoms with Crippen LogP contribution in [0.3, 0.4) is 0 Å². The van der Waals surface area contributed by atoms with Gasteiger partial charge in [0.2, 0.25) is 0 Å². The summed E-state index contributed by atoms with van der Waals surface area (Å²) < 4.78 is 5.08. The zero-order valence-corrected chi connectivity index (χ0v) is 14.8. The molecule has 2 aliphatic heterocycles. The van der Waals surface area contributed by atoms with E-state index in [1.165, 1.54) is 0 Å². The number of anilines is 1. The molecule has 2 amide bonds. The monoisotopic (exact) mass is 360 g/mol. The fourth-order valence-electron chi connectivity index (χ4n) is 3.18. The molecular weight excluding hydrogens is 336 g/mol. The first-order chi connectivity index (χ1) is 12.6. The topological polar surface area (TPSA) is 94.1 Å². The molecule has 1 saturated heterocycles. The lowest BCUT2D eigenvalue weighted by Crippen LogP contribution is -2.51. The number of piperazine rings is 1. The van der Waals surface area contributed by atoms with Gasteiger partial charge in [0.1, 0.15) is 5.75 Å². The number of carbonyl (C=O) groups is 2. The molecule has 1 aromatic rings. The van der Waals surface area contributed by atoms with Gasteiger partial charge in [-0.3, -0.25) is 4.90 Å². The first-order valence-electron chi connectivity index (χ1n) is 8.77. The van der Waals surface area contributed by atoms with Crippen molar-refractivity contribution in [3.8, 4) is 5.75 Å². The number of phenolic OH excluding ortho intramolecular Hbond substituents is 1. The van der Waals surface area contributed by atoms with Crippen molar-refractivity contribution in [1.29, 1.82) is 0 Å². The maximum atomic E-state index is 12.1. The van der Waals surface area contributed by atoms with Crippen molar-refractivity contribution in [3.05, 3.63) is 35.5 Å². The van der Waals surface area contributed by atoms with Crippen LogP contribution in [0.4, 0.5) is 10.5 Å². The van der Waals surface area contributed by atoms with Crippen molar-refractivity contribution < 1.29 is 19.4 Å². The largest absolute Gasteiger partial charge is 0.506 e. The molecule has 3 N–H and O–H groups in total. The number of urea groups is 1.